The third kappa shape index (κ3) is 4.27. The molecule has 5 nitrogen and oxygen atoms in total. The molecule has 2 heterocycles. The smallest absolute Gasteiger partial charge is 0.233 e. The zero-order valence-electron chi connectivity index (χ0n) is 16.9. The molecule has 30 heavy (non-hydrogen) atoms. The van der Waals surface area contributed by atoms with E-state index < -0.39 is 0 Å². The summed E-state index contributed by atoms with van der Waals surface area (Å²) in [5.74, 6) is -0.180. The first kappa shape index (κ1) is 20.2. The lowest BCUT2D eigenvalue weighted by molar-refractivity contribution is -0.129. The molecule has 2 aliphatic rings. The van der Waals surface area contributed by atoms with Crippen molar-refractivity contribution in [3.63, 3.8) is 0 Å². The van der Waals surface area contributed by atoms with Crippen LogP contribution in [0.3, 0.4) is 0 Å². The molecule has 6 heteroatoms. The fourth-order valence-electron chi connectivity index (χ4n) is 3.95. The summed E-state index contributed by atoms with van der Waals surface area (Å²) in [5, 5.41) is 13.1. The van der Waals surface area contributed by atoms with Gasteiger partial charge in [-0.2, -0.15) is 5.26 Å². The Kier molecular flexibility index (Phi) is 5.91. The topological polar surface area (TPSA) is 73.2 Å². The average Bonchev–Trinajstić information content (AvgIpc) is 2.77. The molecule has 152 valence electrons. The highest BCUT2D eigenvalue weighted by Crippen LogP contribution is 2.36. The lowest BCUT2D eigenvalue weighted by Crippen LogP contribution is -2.37. The Morgan fingerprint density at radius 1 is 1.20 bits per heavy atom. The summed E-state index contributed by atoms with van der Waals surface area (Å²) >= 11 is 1.25. The minimum atomic E-state index is -0.274. The summed E-state index contributed by atoms with van der Waals surface area (Å²) in [5.41, 5.74) is 5.09. The molecule has 0 spiro atoms. The molecule has 2 amide bonds. The van der Waals surface area contributed by atoms with Crippen molar-refractivity contribution in [2.45, 2.75) is 32.2 Å². The van der Waals surface area contributed by atoms with Crippen molar-refractivity contribution in [2.24, 2.45) is 0 Å². The molecule has 0 bridgehead atoms. The van der Waals surface area contributed by atoms with Gasteiger partial charge in [0.1, 0.15) is 0 Å². The third-order valence-electron chi connectivity index (χ3n) is 5.66. The number of aryl methyl sites for hydroxylation is 1. The molecule has 0 aromatic heterocycles. The molecule has 0 fully saturated rings. The van der Waals surface area contributed by atoms with Crippen LogP contribution in [0.1, 0.15) is 34.6 Å². The Labute approximate surface area is 180 Å². The van der Waals surface area contributed by atoms with E-state index in [2.05, 4.69) is 23.5 Å². The maximum atomic E-state index is 12.8. The van der Waals surface area contributed by atoms with Crippen LogP contribution in [0.4, 0.5) is 0 Å². The summed E-state index contributed by atoms with van der Waals surface area (Å²) in [4.78, 5) is 27.0. The molecule has 2 aromatic rings. The van der Waals surface area contributed by atoms with Crippen molar-refractivity contribution in [1.29, 1.82) is 5.26 Å². The number of hydrogen-bond donors (Lipinski definition) is 1. The minimum absolute atomic E-state index is 0.0194. The number of thioether (sulfide) groups is 1. The first-order valence-electron chi connectivity index (χ1n) is 10.0. The largest absolute Gasteiger partial charge is 0.337 e. The molecule has 2 aromatic carbocycles. The highest BCUT2D eigenvalue weighted by atomic mass is 32.2. The maximum Gasteiger partial charge on any atom is 0.233 e. The fraction of sp³-hybridized carbons (Fsp3) is 0.292. The van der Waals surface area contributed by atoms with Gasteiger partial charge >= 0.3 is 0 Å². The molecular weight excluding hydrogens is 394 g/mol. The molecule has 0 unspecified atom stereocenters. The normalized spacial score (nSPS) is 18.5. The second kappa shape index (κ2) is 8.76. The van der Waals surface area contributed by atoms with Crippen LogP contribution in [0.25, 0.3) is 0 Å². The number of nitrogens with zero attached hydrogens (tertiary/aromatic N) is 2. The van der Waals surface area contributed by atoms with Crippen LogP contribution in [-0.4, -0.2) is 29.0 Å². The van der Waals surface area contributed by atoms with Crippen LogP contribution < -0.4 is 5.32 Å². The van der Waals surface area contributed by atoms with E-state index in [1.807, 2.05) is 48.2 Å². The van der Waals surface area contributed by atoms with Gasteiger partial charge in [-0.15, -0.1) is 0 Å². The SMILES string of the molecule is Cc1ccc([C@H]2CC(=O)NC(SCC(=O)N3CCc4ccccc4C3)=C2C#N)cc1. The van der Waals surface area contributed by atoms with Gasteiger partial charge in [0, 0.05) is 25.4 Å². The van der Waals surface area contributed by atoms with E-state index in [0.717, 1.165) is 17.5 Å². The summed E-state index contributed by atoms with van der Waals surface area (Å²) < 4.78 is 0. The molecule has 0 saturated carbocycles. The van der Waals surface area contributed by atoms with Crippen molar-refractivity contribution < 1.29 is 9.59 Å². The second-order valence-corrected chi connectivity index (χ2v) is 8.68. The van der Waals surface area contributed by atoms with E-state index in [0.29, 0.717) is 23.7 Å². The van der Waals surface area contributed by atoms with Crippen molar-refractivity contribution in [2.75, 3.05) is 12.3 Å². The van der Waals surface area contributed by atoms with Crippen LogP contribution in [0.2, 0.25) is 0 Å². The standard InChI is InChI=1S/C24H23N3O2S/c1-16-6-8-18(9-7-16)20-12-22(28)26-24(21(20)13-25)30-15-23(29)27-11-10-17-4-2-3-5-19(17)14-27/h2-9,20H,10-12,14-15H2,1H3,(H,26,28)/t20-/m1/s1. The molecule has 4 rings (SSSR count). The van der Waals surface area contributed by atoms with Crippen LogP contribution in [0.5, 0.6) is 0 Å². The Morgan fingerprint density at radius 3 is 2.67 bits per heavy atom. The van der Waals surface area contributed by atoms with Crippen molar-refractivity contribution in [3.8, 4) is 6.07 Å². The van der Waals surface area contributed by atoms with Gasteiger partial charge in [0.05, 0.1) is 22.4 Å². The van der Waals surface area contributed by atoms with Crippen molar-refractivity contribution in [1.82, 2.24) is 10.2 Å². The van der Waals surface area contributed by atoms with Gasteiger partial charge in [0.2, 0.25) is 11.8 Å². The number of carbonyl (C=O) groups excluding carboxylic acids is 2. The quantitative estimate of drug-likeness (QED) is 0.824. The Bertz CT molecular complexity index is 1050. The number of allylic oxidation sites excluding steroid dienone is 1. The average molecular weight is 418 g/mol. The molecule has 0 saturated heterocycles. The van der Waals surface area contributed by atoms with E-state index in [-0.39, 0.29) is 29.9 Å². The van der Waals surface area contributed by atoms with Crippen LogP contribution in [-0.2, 0) is 22.6 Å². The first-order chi connectivity index (χ1) is 14.5. The zero-order chi connectivity index (χ0) is 21.1. The Balaban J connectivity index is 1.48. The second-order valence-electron chi connectivity index (χ2n) is 7.69. The summed E-state index contributed by atoms with van der Waals surface area (Å²) in [6.07, 6.45) is 1.10. The molecule has 0 radical (unpaired) electrons. The Morgan fingerprint density at radius 2 is 1.93 bits per heavy atom. The van der Waals surface area contributed by atoms with Gasteiger partial charge in [-0.3, -0.25) is 9.59 Å². The van der Waals surface area contributed by atoms with E-state index in [1.54, 1.807) is 0 Å². The lowest BCUT2D eigenvalue weighted by Gasteiger charge is -2.29. The predicted molar refractivity (Wildman–Crippen MR) is 117 cm³/mol. The maximum absolute atomic E-state index is 12.8. The van der Waals surface area contributed by atoms with Gasteiger partial charge in [-0.25, -0.2) is 0 Å². The number of rotatable bonds is 4. The minimum Gasteiger partial charge on any atom is -0.337 e. The van der Waals surface area contributed by atoms with E-state index in [4.69, 9.17) is 0 Å². The number of amides is 2. The zero-order valence-corrected chi connectivity index (χ0v) is 17.7. The van der Waals surface area contributed by atoms with Crippen LogP contribution in [0.15, 0.2) is 59.1 Å². The summed E-state index contributed by atoms with van der Waals surface area (Å²) in [6, 6.07) is 18.4. The lowest BCUT2D eigenvalue weighted by atomic mass is 9.87. The number of carbonyl (C=O) groups is 2. The number of hydrogen-bond acceptors (Lipinski definition) is 4. The molecule has 2 aliphatic heterocycles. The number of benzene rings is 2. The number of fused-ring (bicyclic) bond motifs is 1. The van der Waals surface area contributed by atoms with Crippen molar-refractivity contribution in [3.05, 3.63) is 81.4 Å². The first-order valence-corrected chi connectivity index (χ1v) is 11.0. The van der Waals surface area contributed by atoms with Gasteiger partial charge in [0.15, 0.2) is 0 Å². The highest BCUT2D eigenvalue weighted by molar-refractivity contribution is 8.03. The van der Waals surface area contributed by atoms with Gasteiger partial charge in [0.25, 0.3) is 0 Å². The van der Waals surface area contributed by atoms with Crippen molar-refractivity contribution >= 4 is 23.6 Å². The predicted octanol–water partition coefficient (Wildman–Crippen LogP) is 3.65. The fourth-order valence-corrected chi connectivity index (χ4v) is 4.93. The molecular formula is C24H23N3O2S. The monoisotopic (exact) mass is 417 g/mol. The highest BCUT2D eigenvalue weighted by Gasteiger charge is 2.30. The number of nitriles is 1. The third-order valence-corrected chi connectivity index (χ3v) is 6.66. The summed E-state index contributed by atoms with van der Waals surface area (Å²) in [6.45, 7) is 3.31. The molecule has 1 N–H and O–H groups in total. The van der Waals surface area contributed by atoms with Gasteiger partial charge < -0.3 is 10.2 Å². The summed E-state index contributed by atoms with van der Waals surface area (Å²) in [7, 11) is 0. The van der Waals surface area contributed by atoms with E-state index >= 15 is 0 Å². The van der Waals surface area contributed by atoms with Crippen LogP contribution >= 0.6 is 11.8 Å². The van der Waals surface area contributed by atoms with E-state index in [9.17, 15) is 14.9 Å². The number of nitrogens with one attached hydrogen (secondary N) is 1. The Hall–Kier alpha value is -3.04. The van der Waals surface area contributed by atoms with Gasteiger partial charge in [-0.05, 0) is 30.0 Å². The van der Waals surface area contributed by atoms with E-state index in [1.165, 1.54) is 22.9 Å². The molecule has 0 aliphatic carbocycles. The van der Waals surface area contributed by atoms with Gasteiger partial charge in [-0.1, -0.05) is 65.9 Å². The molecule has 1 atom stereocenters. The van der Waals surface area contributed by atoms with Crippen LogP contribution in [0, 0.1) is 18.3 Å².